The number of nitrogens with one attached hydrogen (secondary N) is 1. The number of hydrogen-bond acceptors (Lipinski definition) is 5. The van der Waals surface area contributed by atoms with Crippen molar-refractivity contribution in [1.82, 2.24) is 4.90 Å². The van der Waals surface area contributed by atoms with Gasteiger partial charge < -0.3 is 19.9 Å². The topological polar surface area (TPSA) is 103 Å². The van der Waals surface area contributed by atoms with Crippen molar-refractivity contribution in [1.29, 1.82) is 5.26 Å². The zero-order chi connectivity index (χ0) is 24.5. The van der Waals surface area contributed by atoms with E-state index in [4.69, 9.17) is 21.6 Å². The minimum Gasteiger partial charge on any atom is -0.455 e. The van der Waals surface area contributed by atoms with Gasteiger partial charge in [-0.15, -0.1) is 0 Å². The third kappa shape index (κ3) is 6.72. The van der Waals surface area contributed by atoms with Crippen molar-refractivity contribution in [3.63, 3.8) is 0 Å². The van der Waals surface area contributed by atoms with Gasteiger partial charge in [0.1, 0.15) is 0 Å². The van der Waals surface area contributed by atoms with Gasteiger partial charge in [-0.05, 0) is 55.7 Å². The largest absolute Gasteiger partial charge is 0.455 e. The van der Waals surface area contributed by atoms with Gasteiger partial charge in [0.25, 0.3) is 5.91 Å². The Labute approximate surface area is 204 Å². The predicted molar refractivity (Wildman–Crippen MR) is 129 cm³/mol. The summed E-state index contributed by atoms with van der Waals surface area (Å²) in [6, 6.07) is 16.0. The average Bonchev–Trinajstić information content (AvgIpc) is 2.85. The lowest BCUT2D eigenvalue weighted by Gasteiger charge is -2.31. The van der Waals surface area contributed by atoms with E-state index >= 15 is 0 Å². The molecule has 1 heterocycles. The molecule has 2 aromatic carbocycles. The van der Waals surface area contributed by atoms with Gasteiger partial charge in [0.2, 0.25) is 0 Å². The Balaban J connectivity index is 1.57. The summed E-state index contributed by atoms with van der Waals surface area (Å²) < 4.78 is 5.33. The maximum absolute atomic E-state index is 12.8. The van der Waals surface area contributed by atoms with Crippen LogP contribution in [0.3, 0.4) is 0 Å². The van der Waals surface area contributed by atoms with Crippen LogP contribution >= 0.6 is 11.6 Å². The molecule has 1 saturated heterocycles. The van der Waals surface area contributed by atoms with Crippen molar-refractivity contribution in [2.24, 2.45) is 5.92 Å². The van der Waals surface area contributed by atoms with E-state index in [2.05, 4.69) is 5.32 Å². The number of para-hydroxylation sites is 1. The number of likely N-dealkylation sites (tertiary alicyclic amines) is 1. The van der Waals surface area contributed by atoms with Crippen LogP contribution in [0.4, 0.5) is 16.2 Å². The monoisotopic (exact) mass is 482 g/mol. The second kappa shape index (κ2) is 12.1. The number of urea groups is 1. The Hall–Kier alpha value is -3.57. The van der Waals surface area contributed by atoms with Crippen molar-refractivity contribution in [2.75, 3.05) is 36.5 Å². The Morgan fingerprint density at radius 2 is 2.00 bits per heavy atom. The zero-order valence-corrected chi connectivity index (χ0v) is 19.8. The molecule has 1 unspecified atom stereocenters. The molecule has 34 heavy (non-hydrogen) atoms. The van der Waals surface area contributed by atoms with Crippen LogP contribution in [0.15, 0.2) is 48.5 Å². The molecule has 1 atom stereocenters. The van der Waals surface area contributed by atoms with Gasteiger partial charge in [-0.1, -0.05) is 29.8 Å². The van der Waals surface area contributed by atoms with Crippen LogP contribution in [-0.2, 0) is 14.3 Å². The molecule has 2 aromatic rings. The van der Waals surface area contributed by atoms with Crippen LogP contribution < -0.4 is 10.2 Å². The molecule has 9 heteroatoms. The van der Waals surface area contributed by atoms with E-state index in [1.165, 1.54) is 4.90 Å². The first-order valence-corrected chi connectivity index (χ1v) is 11.5. The number of nitriles is 1. The minimum atomic E-state index is -0.516. The van der Waals surface area contributed by atoms with E-state index in [9.17, 15) is 14.4 Å². The highest BCUT2D eigenvalue weighted by Gasteiger charge is 2.30. The molecule has 1 fully saturated rings. The second-order valence-corrected chi connectivity index (χ2v) is 8.48. The van der Waals surface area contributed by atoms with Gasteiger partial charge in [-0.3, -0.25) is 9.59 Å². The Kier molecular flexibility index (Phi) is 8.88. The zero-order valence-electron chi connectivity index (χ0n) is 19.0. The lowest BCUT2D eigenvalue weighted by molar-refractivity contribution is -0.153. The van der Waals surface area contributed by atoms with Gasteiger partial charge >= 0.3 is 12.0 Å². The van der Waals surface area contributed by atoms with Crippen molar-refractivity contribution < 1.29 is 19.1 Å². The molecule has 178 valence electrons. The number of esters is 1. The summed E-state index contributed by atoms with van der Waals surface area (Å²) in [6.45, 7) is 2.31. The number of ether oxygens (including phenoxy) is 1. The summed E-state index contributed by atoms with van der Waals surface area (Å²) in [5.41, 5.74) is 2.05. The van der Waals surface area contributed by atoms with Crippen molar-refractivity contribution in [2.45, 2.75) is 26.2 Å². The molecular weight excluding hydrogens is 456 g/mol. The minimum absolute atomic E-state index is 0.134. The summed E-state index contributed by atoms with van der Waals surface area (Å²) in [5, 5.41) is 12.4. The van der Waals surface area contributed by atoms with E-state index < -0.39 is 24.4 Å². The van der Waals surface area contributed by atoms with E-state index in [1.54, 1.807) is 35.2 Å². The van der Waals surface area contributed by atoms with Crippen LogP contribution in [0, 0.1) is 24.2 Å². The van der Waals surface area contributed by atoms with E-state index in [0.29, 0.717) is 35.8 Å². The number of hydrogen-bond donors (Lipinski definition) is 1. The fourth-order valence-electron chi connectivity index (χ4n) is 3.76. The van der Waals surface area contributed by atoms with Crippen molar-refractivity contribution >= 4 is 40.9 Å². The Bertz CT molecular complexity index is 1070. The van der Waals surface area contributed by atoms with Crippen molar-refractivity contribution in [3.8, 4) is 6.07 Å². The number of rotatable bonds is 7. The van der Waals surface area contributed by atoms with E-state index in [-0.39, 0.29) is 25.5 Å². The molecule has 0 radical (unpaired) electrons. The van der Waals surface area contributed by atoms with Gasteiger partial charge in [-0.25, -0.2) is 4.79 Å². The highest BCUT2D eigenvalue weighted by Crippen LogP contribution is 2.24. The maximum atomic E-state index is 12.8. The number of benzene rings is 2. The summed E-state index contributed by atoms with van der Waals surface area (Å²) in [5.74, 6) is -1.45. The molecule has 3 amide bonds. The fraction of sp³-hybridized carbons (Fsp3) is 0.360. The van der Waals surface area contributed by atoms with E-state index in [0.717, 1.165) is 5.56 Å². The van der Waals surface area contributed by atoms with Crippen LogP contribution in [0.1, 0.15) is 24.8 Å². The maximum Gasteiger partial charge on any atom is 0.321 e. The quantitative estimate of drug-likeness (QED) is 0.590. The normalized spacial score (nSPS) is 15.2. The molecule has 1 aliphatic heterocycles. The van der Waals surface area contributed by atoms with Crippen LogP contribution in [-0.4, -0.2) is 49.0 Å². The van der Waals surface area contributed by atoms with Gasteiger partial charge in [0.15, 0.2) is 6.61 Å². The first kappa shape index (κ1) is 25.1. The number of carbonyl (C=O) groups is 3. The first-order valence-electron chi connectivity index (χ1n) is 11.1. The number of amides is 3. The SMILES string of the molecule is Cc1cc(N(CCC#N)C(=O)COC(=O)C2CCCN(C(=O)Nc3ccccc3)C2)ccc1Cl. The smallest absolute Gasteiger partial charge is 0.321 e. The number of carbonyl (C=O) groups excluding carboxylic acids is 3. The van der Waals surface area contributed by atoms with Crippen molar-refractivity contribution in [3.05, 3.63) is 59.1 Å². The number of anilines is 2. The number of aryl methyl sites for hydroxylation is 1. The average molecular weight is 483 g/mol. The number of nitrogens with zero attached hydrogens (tertiary/aromatic N) is 3. The Morgan fingerprint density at radius 3 is 2.71 bits per heavy atom. The summed E-state index contributed by atoms with van der Waals surface area (Å²) in [6.07, 6.45) is 1.38. The third-order valence-corrected chi connectivity index (χ3v) is 6.03. The summed E-state index contributed by atoms with van der Waals surface area (Å²) >= 11 is 6.08. The molecule has 0 saturated carbocycles. The molecule has 0 bridgehead atoms. The van der Waals surface area contributed by atoms with Crippen LogP contribution in [0.5, 0.6) is 0 Å². The Morgan fingerprint density at radius 1 is 1.24 bits per heavy atom. The second-order valence-electron chi connectivity index (χ2n) is 8.08. The standard InChI is InChI=1S/C25H27ClN4O4/c1-18-15-21(10-11-22(18)26)30(14-6-12-27)23(31)17-34-24(32)19-7-5-13-29(16-19)25(33)28-20-8-3-2-4-9-20/h2-4,8-11,15,19H,5-7,13-14,16-17H2,1H3,(H,28,33). The van der Waals surface area contributed by atoms with Gasteiger partial charge in [0, 0.05) is 36.0 Å². The summed E-state index contributed by atoms with van der Waals surface area (Å²) in [7, 11) is 0. The first-order chi connectivity index (χ1) is 16.4. The molecule has 3 rings (SSSR count). The molecule has 0 aliphatic carbocycles. The van der Waals surface area contributed by atoms with Gasteiger partial charge in [-0.2, -0.15) is 5.26 Å². The molecule has 0 aromatic heterocycles. The van der Waals surface area contributed by atoms with Crippen LogP contribution in [0.25, 0.3) is 0 Å². The summed E-state index contributed by atoms with van der Waals surface area (Å²) in [4.78, 5) is 41.1. The molecule has 8 nitrogen and oxygen atoms in total. The lowest BCUT2D eigenvalue weighted by Crippen LogP contribution is -2.45. The highest BCUT2D eigenvalue weighted by atomic mass is 35.5. The molecule has 1 aliphatic rings. The number of piperidine rings is 1. The van der Waals surface area contributed by atoms with E-state index in [1.807, 2.05) is 31.2 Å². The lowest BCUT2D eigenvalue weighted by atomic mass is 9.98. The van der Waals surface area contributed by atoms with Crippen LogP contribution in [0.2, 0.25) is 5.02 Å². The third-order valence-electron chi connectivity index (χ3n) is 5.61. The molecule has 0 spiro atoms. The fourth-order valence-corrected chi connectivity index (χ4v) is 3.88. The molecular formula is C25H27ClN4O4. The highest BCUT2D eigenvalue weighted by molar-refractivity contribution is 6.31. The predicted octanol–water partition coefficient (Wildman–Crippen LogP) is 4.38. The van der Waals surface area contributed by atoms with Gasteiger partial charge in [0.05, 0.1) is 18.4 Å². The molecule has 1 N–H and O–H groups in total. The number of halogens is 1.